The van der Waals surface area contributed by atoms with Crippen LogP contribution in [0.1, 0.15) is 36.0 Å². The van der Waals surface area contributed by atoms with Gasteiger partial charge in [0.1, 0.15) is 16.4 Å². The molecule has 1 fully saturated rings. The zero-order valence-corrected chi connectivity index (χ0v) is 19.3. The summed E-state index contributed by atoms with van der Waals surface area (Å²) < 4.78 is 38.7. The fourth-order valence-electron chi connectivity index (χ4n) is 3.93. The lowest BCUT2D eigenvalue weighted by Crippen LogP contribution is -2.35. The molecule has 1 aliphatic heterocycles. The minimum absolute atomic E-state index is 0.0563. The average molecular weight is 447 g/mol. The van der Waals surface area contributed by atoms with Gasteiger partial charge in [-0.05, 0) is 62.9 Å². The Hall–Kier alpha value is -2.58. The number of carbonyl (C=O) groups is 1. The summed E-state index contributed by atoms with van der Waals surface area (Å²) in [5.41, 5.74) is 3.43. The van der Waals surface area contributed by atoms with Gasteiger partial charge >= 0.3 is 0 Å². The van der Waals surface area contributed by atoms with Crippen molar-refractivity contribution in [3.8, 4) is 11.5 Å². The minimum Gasteiger partial charge on any atom is -0.495 e. The summed E-state index contributed by atoms with van der Waals surface area (Å²) in [4.78, 5) is 12.5. The highest BCUT2D eigenvalue weighted by Crippen LogP contribution is 2.31. The number of piperidine rings is 1. The van der Waals surface area contributed by atoms with Crippen molar-refractivity contribution in [3.05, 3.63) is 47.0 Å². The minimum atomic E-state index is -3.71. The van der Waals surface area contributed by atoms with Crippen LogP contribution in [0.3, 0.4) is 0 Å². The molecule has 0 atom stereocenters. The number of aryl methyl sites for hydroxylation is 3. The number of nitrogens with zero attached hydrogens (tertiary/aromatic N) is 1. The second kappa shape index (κ2) is 9.70. The lowest BCUT2D eigenvalue weighted by atomic mass is 10.1. The number of benzene rings is 2. The van der Waals surface area contributed by atoms with Crippen LogP contribution in [0.25, 0.3) is 0 Å². The van der Waals surface area contributed by atoms with E-state index in [0.29, 0.717) is 24.5 Å². The molecule has 3 rings (SSSR count). The molecule has 2 aromatic rings. The van der Waals surface area contributed by atoms with Crippen LogP contribution >= 0.6 is 0 Å². The Morgan fingerprint density at radius 3 is 2.29 bits per heavy atom. The molecule has 0 radical (unpaired) electrons. The molecule has 1 saturated heterocycles. The standard InChI is InChI=1S/C23H30N2O5S/c1-16-12-17(2)23(18(3)13-16)30-15-22(26)24-19-8-9-20(29-4)21(14-19)31(27,28)25-10-6-5-7-11-25/h8-9,12-14H,5-7,10-11,15H2,1-4H3,(H,24,26). The Labute approximate surface area is 184 Å². The Morgan fingerprint density at radius 1 is 1.03 bits per heavy atom. The van der Waals surface area contributed by atoms with Crippen molar-refractivity contribution in [3.63, 3.8) is 0 Å². The normalized spacial score (nSPS) is 14.8. The van der Waals surface area contributed by atoms with Gasteiger partial charge in [-0.15, -0.1) is 0 Å². The van der Waals surface area contributed by atoms with Gasteiger partial charge in [-0.1, -0.05) is 24.1 Å². The van der Waals surface area contributed by atoms with Crippen molar-refractivity contribution in [1.82, 2.24) is 4.31 Å². The molecule has 0 aliphatic carbocycles. The van der Waals surface area contributed by atoms with E-state index in [0.717, 1.165) is 36.0 Å². The van der Waals surface area contributed by atoms with Crippen molar-refractivity contribution in [2.75, 3.05) is 32.1 Å². The second-order valence-electron chi connectivity index (χ2n) is 7.90. The number of hydrogen-bond donors (Lipinski definition) is 1. The molecule has 1 N–H and O–H groups in total. The number of sulfonamides is 1. The van der Waals surface area contributed by atoms with E-state index in [2.05, 4.69) is 5.32 Å². The summed E-state index contributed by atoms with van der Waals surface area (Å²) in [5, 5.41) is 2.73. The van der Waals surface area contributed by atoms with E-state index in [1.807, 2.05) is 32.9 Å². The zero-order valence-electron chi connectivity index (χ0n) is 18.5. The predicted molar refractivity (Wildman–Crippen MR) is 120 cm³/mol. The van der Waals surface area contributed by atoms with E-state index in [-0.39, 0.29) is 23.2 Å². The Balaban J connectivity index is 1.75. The van der Waals surface area contributed by atoms with Crippen molar-refractivity contribution in [2.24, 2.45) is 0 Å². The maximum absolute atomic E-state index is 13.1. The van der Waals surface area contributed by atoms with Crippen LogP contribution in [0, 0.1) is 20.8 Å². The molecule has 8 heteroatoms. The topological polar surface area (TPSA) is 84.9 Å². The third-order valence-corrected chi connectivity index (χ3v) is 7.25. The molecule has 0 aromatic heterocycles. The lowest BCUT2D eigenvalue weighted by molar-refractivity contribution is -0.118. The second-order valence-corrected chi connectivity index (χ2v) is 9.80. The van der Waals surface area contributed by atoms with Crippen LogP contribution in [-0.4, -0.2) is 45.4 Å². The first-order valence-corrected chi connectivity index (χ1v) is 11.8. The molecule has 0 bridgehead atoms. The number of methoxy groups -OCH3 is 1. The fraction of sp³-hybridized carbons (Fsp3) is 0.435. The van der Waals surface area contributed by atoms with Crippen molar-refractivity contribution in [2.45, 2.75) is 44.9 Å². The van der Waals surface area contributed by atoms with E-state index < -0.39 is 10.0 Å². The highest BCUT2D eigenvalue weighted by atomic mass is 32.2. The number of anilines is 1. The molecule has 168 valence electrons. The molecule has 0 saturated carbocycles. The number of amides is 1. The first-order chi connectivity index (χ1) is 14.7. The van der Waals surface area contributed by atoms with Crippen molar-refractivity contribution < 1.29 is 22.7 Å². The van der Waals surface area contributed by atoms with Crippen LogP contribution < -0.4 is 14.8 Å². The molecule has 31 heavy (non-hydrogen) atoms. The van der Waals surface area contributed by atoms with E-state index in [1.165, 1.54) is 17.5 Å². The van der Waals surface area contributed by atoms with E-state index in [1.54, 1.807) is 12.1 Å². The Morgan fingerprint density at radius 2 is 1.68 bits per heavy atom. The molecular weight excluding hydrogens is 416 g/mol. The molecule has 7 nitrogen and oxygen atoms in total. The maximum Gasteiger partial charge on any atom is 0.262 e. The summed E-state index contributed by atoms with van der Waals surface area (Å²) >= 11 is 0. The molecule has 1 aliphatic rings. The summed E-state index contributed by atoms with van der Waals surface area (Å²) in [7, 11) is -2.27. The third kappa shape index (κ3) is 5.37. The van der Waals surface area contributed by atoms with Gasteiger partial charge in [0.15, 0.2) is 6.61 Å². The number of carbonyl (C=O) groups excluding carboxylic acids is 1. The van der Waals surface area contributed by atoms with Gasteiger partial charge in [-0.2, -0.15) is 4.31 Å². The quantitative estimate of drug-likeness (QED) is 0.699. The maximum atomic E-state index is 13.1. The zero-order chi connectivity index (χ0) is 22.6. The first-order valence-electron chi connectivity index (χ1n) is 10.4. The predicted octanol–water partition coefficient (Wildman–Crippen LogP) is 3.81. The monoisotopic (exact) mass is 446 g/mol. The largest absolute Gasteiger partial charge is 0.495 e. The van der Waals surface area contributed by atoms with Crippen molar-refractivity contribution in [1.29, 1.82) is 0 Å². The van der Waals surface area contributed by atoms with Crippen LogP contribution in [-0.2, 0) is 14.8 Å². The summed E-state index contributed by atoms with van der Waals surface area (Å²) in [5.74, 6) is 0.570. The van der Waals surface area contributed by atoms with E-state index in [9.17, 15) is 13.2 Å². The highest BCUT2D eigenvalue weighted by molar-refractivity contribution is 7.89. The molecule has 1 heterocycles. The lowest BCUT2D eigenvalue weighted by Gasteiger charge is -2.26. The summed E-state index contributed by atoms with van der Waals surface area (Å²) in [6, 6.07) is 8.63. The number of rotatable bonds is 7. The molecule has 1 amide bonds. The van der Waals surface area contributed by atoms with Gasteiger partial charge in [-0.25, -0.2) is 8.42 Å². The van der Waals surface area contributed by atoms with Gasteiger partial charge < -0.3 is 14.8 Å². The molecule has 2 aromatic carbocycles. The molecular formula is C23H30N2O5S. The van der Waals surface area contributed by atoms with E-state index >= 15 is 0 Å². The fourth-order valence-corrected chi connectivity index (χ4v) is 5.63. The van der Waals surface area contributed by atoms with Crippen LogP contribution in [0.2, 0.25) is 0 Å². The van der Waals surface area contributed by atoms with Crippen LogP contribution in [0.15, 0.2) is 35.2 Å². The third-order valence-electron chi connectivity index (χ3n) is 5.33. The van der Waals surface area contributed by atoms with Gasteiger partial charge in [0, 0.05) is 18.8 Å². The smallest absolute Gasteiger partial charge is 0.262 e. The number of nitrogens with one attached hydrogen (secondary N) is 1. The molecule has 0 unspecified atom stereocenters. The molecule has 0 spiro atoms. The summed E-state index contributed by atoms with van der Waals surface area (Å²) in [6.45, 7) is 6.69. The first kappa shape index (κ1) is 23.1. The van der Waals surface area contributed by atoms with Gasteiger partial charge in [0.25, 0.3) is 5.91 Å². The van der Waals surface area contributed by atoms with Crippen LogP contribution in [0.4, 0.5) is 5.69 Å². The average Bonchev–Trinajstić information content (AvgIpc) is 2.73. The van der Waals surface area contributed by atoms with Gasteiger partial charge in [0.05, 0.1) is 7.11 Å². The number of hydrogen-bond acceptors (Lipinski definition) is 5. The van der Waals surface area contributed by atoms with Gasteiger partial charge in [-0.3, -0.25) is 4.79 Å². The van der Waals surface area contributed by atoms with Crippen molar-refractivity contribution >= 4 is 21.6 Å². The SMILES string of the molecule is COc1ccc(NC(=O)COc2c(C)cc(C)cc2C)cc1S(=O)(=O)N1CCCCC1. The highest BCUT2D eigenvalue weighted by Gasteiger charge is 2.29. The summed E-state index contributed by atoms with van der Waals surface area (Å²) in [6.07, 6.45) is 2.71. The van der Waals surface area contributed by atoms with E-state index in [4.69, 9.17) is 9.47 Å². The number of ether oxygens (including phenoxy) is 2. The van der Waals surface area contributed by atoms with Gasteiger partial charge in [0.2, 0.25) is 10.0 Å². The Bertz CT molecular complexity index is 1040. The Kier molecular flexibility index (Phi) is 7.23. The van der Waals surface area contributed by atoms with Crippen LogP contribution in [0.5, 0.6) is 11.5 Å².